The third kappa shape index (κ3) is 6.77. The minimum absolute atomic E-state index is 0.153. The molecule has 0 saturated heterocycles. The molecule has 186 valence electrons. The number of nitriles is 1. The summed E-state index contributed by atoms with van der Waals surface area (Å²) in [5, 5.41) is 25.2. The van der Waals surface area contributed by atoms with Gasteiger partial charge in [-0.1, -0.05) is 42.6 Å². The van der Waals surface area contributed by atoms with Gasteiger partial charge in [0.05, 0.1) is 16.3 Å². The minimum Gasteiger partial charge on any atom is -0.506 e. The SMILES string of the molecule is CCCCC(Oc1ccc(C)cc1C)C(=O)Nc1ccc(NC(=O)c2ccc(Cl)c(C#N)c2)c(O)c1. The molecule has 0 aliphatic carbocycles. The second kappa shape index (κ2) is 12.1. The summed E-state index contributed by atoms with van der Waals surface area (Å²) in [4.78, 5) is 25.6. The van der Waals surface area contributed by atoms with Crippen molar-refractivity contribution >= 4 is 34.8 Å². The maximum Gasteiger partial charge on any atom is 0.265 e. The second-order valence-corrected chi connectivity index (χ2v) is 8.91. The predicted molar refractivity (Wildman–Crippen MR) is 141 cm³/mol. The lowest BCUT2D eigenvalue weighted by molar-refractivity contribution is -0.123. The molecular weight excluding hydrogens is 478 g/mol. The number of carbonyl (C=O) groups is 2. The third-order valence-corrected chi connectivity index (χ3v) is 5.90. The molecule has 0 bridgehead atoms. The molecule has 8 heteroatoms. The zero-order valence-electron chi connectivity index (χ0n) is 20.4. The van der Waals surface area contributed by atoms with Gasteiger partial charge in [0.25, 0.3) is 11.8 Å². The Balaban J connectivity index is 1.71. The third-order valence-electron chi connectivity index (χ3n) is 5.57. The minimum atomic E-state index is -0.702. The Morgan fingerprint density at radius 3 is 2.53 bits per heavy atom. The number of hydrogen-bond acceptors (Lipinski definition) is 5. The van der Waals surface area contributed by atoms with E-state index in [0.717, 1.165) is 24.0 Å². The maximum atomic E-state index is 13.0. The fraction of sp³-hybridized carbons (Fsp3) is 0.250. The van der Waals surface area contributed by atoms with Crippen LogP contribution in [0.2, 0.25) is 5.02 Å². The van der Waals surface area contributed by atoms with Crippen molar-refractivity contribution in [3.05, 3.63) is 81.9 Å². The standard InChI is InChI=1S/C28H28ClN3O4/c1-4-5-6-26(36-25-12-7-17(2)13-18(25)3)28(35)31-21-9-11-23(24(33)15-21)32-27(34)19-8-10-22(29)20(14-19)16-30/h7-15,26,33H,4-6H2,1-3H3,(H,31,35)(H,32,34). The van der Waals surface area contributed by atoms with Crippen LogP contribution in [0.1, 0.15) is 53.2 Å². The van der Waals surface area contributed by atoms with Crippen molar-refractivity contribution in [3.8, 4) is 17.6 Å². The molecule has 0 aromatic heterocycles. The highest BCUT2D eigenvalue weighted by molar-refractivity contribution is 6.31. The number of benzene rings is 3. The van der Waals surface area contributed by atoms with E-state index in [2.05, 4.69) is 10.6 Å². The van der Waals surface area contributed by atoms with Gasteiger partial charge in [-0.05, 0) is 68.7 Å². The number of aromatic hydroxyl groups is 1. The van der Waals surface area contributed by atoms with Crippen molar-refractivity contribution in [2.75, 3.05) is 10.6 Å². The van der Waals surface area contributed by atoms with Gasteiger partial charge < -0.3 is 20.5 Å². The fourth-order valence-electron chi connectivity index (χ4n) is 3.60. The predicted octanol–water partition coefficient (Wildman–Crippen LogP) is 6.36. The fourth-order valence-corrected chi connectivity index (χ4v) is 3.76. The second-order valence-electron chi connectivity index (χ2n) is 8.50. The zero-order valence-corrected chi connectivity index (χ0v) is 21.1. The van der Waals surface area contributed by atoms with Crippen LogP contribution in [-0.4, -0.2) is 23.0 Å². The first-order chi connectivity index (χ1) is 17.2. The molecule has 1 unspecified atom stereocenters. The quantitative estimate of drug-likeness (QED) is 0.293. The van der Waals surface area contributed by atoms with E-state index in [-0.39, 0.29) is 33.5 Å². The Labute approximate surface area is 215 Å². The molecule has 1 atom stereocenters. The Kier molecular flexibility index (Phi) is 8.93. The lowest BCUT2D eigenvalue weighted by Crippen LogP contribution is -2.33. The average molecular weight is 506 g/mol. The molecule has 3 N–H and O–H groups in total. The number of anilines is 2. The van der Waals surface area contributed by atoms with Gasteiger partial charge >= 0.3 is 0 Å². The largest absolute Gasteiger partial charge is 0.506 e. The van der Waals surface area contributed by atoms with Gasteiger partial charge in [-0.2, -0.15) is 5.26 Å². The number of phenolic OH excluding ortho intramolecular Hbond substituents is 1. The molecular formula is C28H28ClN3O4. The first-order valence-corrected chi connectivity index (χ1v) is 12.0. The summed E-state index contributed by atoms with van der Waals surface area (Å²) >= 11 is 5.92. The molecule has 0 fully saturated rings. The molecule has 36 heavy (non-hydrogen) atoms. The van der Waals surface area contributed by atoms with Crippen LogP contribution in [0, 0.1) is 25.2 Å². The highest BCUT2D eigenvalue weighted by Gasteiger charge is 2.21. The number of rotatable bonds is 9. The molecule has 0 saturated carbocycles. The zero-order chi connectivity index (χ0) is 26.2. The van der Waals surface area contributed by atoms with Gasteiger partial charge in [0.1, 0.15) is 17.6 Å². The molecule has 0 aliphatic heterocycles. The van der Waals surface area contributed by atoms with E-state index in [4.69, 9.17) is 21.6 Å². The summed E-state index contributed by atoms with van der Waals surface area (Å²) in [5.41, 5.74) is 2.96. The van der Waals surface area contributed by atoms with E-state index in [9.17, 15) is 14.7 Å². The average Bonchev–Trinajstić information content (AvgIpc) is 2.84. The van der Waals surface area contributed by atoms with Crippen LogP contribution >= 0.6 is 11.6 Å². The van der Waals surface area contributed by atoms with E-state index >= 15 is 0 Å². The Morgan fingerprint density at radius 2 is 1.86 bits per heavy atom. The highest BCUT2D eigenvalue weighted by atomic mass is 35.5. The van der Waals surface area contributed by atoms with E-state index in [1.807, 2.05) is 45.0 Å². The van der Waals surface area contributed by atoms with Gasteiger partial charge in [0, 0.05) is 17.3 Å². The molecule has 3 aromatic carbocycles. The summed E-state index contributed by atoms with van der Waals surface area (Å²) in [6.07, 6.45) is 1.57. The molecule has 0 aliphatic rings. The van der Waals surface area contributed by atoms with Crippen LogP contribution in [0.4, 0.5) is 11.4 Å². The van der Waals surface area contributed by atoms with Crippen LogP contribution in [0.25, 0.3) is 0 Å². The first kappa shape index (κ1) is 26.6. The highest BCUT2D eigenvalue weighted by Crippen LogP contribution is 2.28. The van der Waals surface area contributed by atoms with Crippen LogP contribution in [0.5, 0.6) is 11.5 Å². The Morgan fingerprint density at radius 1 is 1.08 bits per heavy atom. The van der Waals surface area contributed by atoms with Crippen LogP contribution in [0.15, 0.2) is 54.6 Å². The van der Waals surface area contributed by atoms with Gasteiger partial charge in [0.15, 0.2) is 6.10 Å². The number of nitrogens with one attached hydrogen (secondary N) is 2. The summed E-state index contributed by atoms with van der Waals surface area (Å²) in [7, 11) is 0. The number of ether oxygens (including phenoxy) is 1. The Bertz CT molecular complexity index is 1320. The molecule has 7 nitrogen and oxygen atoms in total. The topological polar surface area (TPSA) is 111 Å². The molecule has 0 radical (unpaired) electrons. The number of aryl methyl sites for hydroxylation is 2. The van der Waals surface area contributed by atoms with E-state index in [0.29, 0.717) is 17.9 Å². The maximum absolute atomic E-state index is 13.0. The number of hydrogen-bond donors (Lipinski definition) is 3. The van der Waals surface area contributed by atoms with E-state index < -0.39 is 12.0 Å². The summed E-state index contributed by atoms with van der Waals surface area (Å²) in [6.45, 7) is 5.98. The van der Waals surface area contributed by atoms with E-state index in [1.165, 1.54) is 30.3 Å². The summed E-state index contributed by atoms with van der Waals surface area (Å²) in [5.74, 6) is -0.419. The van der Waals surface area contributed by atoms with Crippen molar-refractivity contribution in [2.45, 2.75) is 46.1 Å². The lowest BCUT2D eigenvalue weighted by atomic mass is 10.1. The van der Waals surface area contributed by atoms with Gasteiger partial charge in [-0.3, -0.25) is 9.59 Å². The molecule has 3 aromatic rings. The number of phenols is 1. The van der Waals surface area contributed by atoms with Crippen LogP contribution < -0.4 is 15.4 Å². The first-order valence-electron chi connectivity index (χ1n) is 11.6. The van der Waals surface area contributed by atoms with Crippen molar-refractivity contribution in [1.82, 2.24) is 0 Å². The van der Waals surface area contributed by atoms with Crippen molar-refractivity contribution in [1.29, 1.82) is 5.26 Å². The van der Waals surface area contributed by atoms with Crippen LogP contribution in [0.3, 0.4) is 0 Å². The Hall–Kier alpha value is -4.02. The monoisotopic (exact) mass is 505 g/mol. The molecule has 2 amide bonds. The van der Waals surface area contributed by atoms with Crippen molar-refractivity contribution in [2.24, 2.45) is 0 Å². The van der Waals surface area contributed by atoms with Crippen molar-refractivity contribution in [3.63, 3.8) is 0 Å². The van der Waals surface area contributed by atoms with Gasteiger partial charge in [-0.25, -0.2) is 0 Å². The van der Waals surface area contributed by atoms with Crippen LogP contribution in [-0.2, 0) is 4.79 Å². The lowest BCUT2D eigenvalue weighted by Gasteiger charge is -2.20. The number of nitrogens with zero attached hydrogens (tertiary/aromatic N) is 1. The normalized spacial score (nSPS) is 11.3. The van der Waals surface area contributed by atoms with E-state index in [1.54, 1.807) is 6.07 Å². The van der Waals surface area contributed by atoms with Crippen molar-refractivity contribution < 1.29 is 19.4 Å². The molecule has 0 spiro atoms. The number of amides is 2. The van der Waals surface area contributed by atoms with Gasteiger partial charge in [-0.15, -0.1) is 0 Å². The molecule has 0 heterocycles. The summed E-state index contributed by atoms with van der Waals surface area (Å²) < 4.78 is 6.06. The number of unbranched alkanes of at least 4 members (excludes halogenated alkanes) is 1. The molecule has 3 rings (SSSR count). The number of halogens is 1. The van der Waals surface area contributed by atoms with Gasteiger partial charge in [0.2, 0.25) is 0 Å². The smallest absolute Gasteiger partial charge is 0.265 e. The summed E-state index contributed by atoms with van der Waals surface area (Å²) in [6, 6.07) is 16.4. The number of carbonyl (C=O) groups excluding carboxylic acids is 2.